The minimum atomic E-state index is -0.273. The monoisotopic (exact) mass is 327 g/mol. The molecule has 0 unspecified atom stereocenters. The topological polar surface area (TPSA) is 58.6 Å². The average Bonchev–Trinajstić information content (AvgIpc) is 2.55. The van der Waals surface area contributed by atoms with E-state index >= 15 is 0 Å². The molecule has 0 saturated carbocycles. The van der Waals surface area contributed by atoms with Crippen LogP contribution in [0.5, 0.6) is 0 Å². The first-order chi connectivity index (χ1) is 11.1. The highest BCUT2D eigenvalue weighted by Gasteiger charge is 2.08. The molecule has 0 saturated heterocycles. The number of nitrogens with one attached hydrogen (secondary N) is 1. The van der Waals surface area contributed by atoms with Gasteiger partial charge in [-0.3, -0.25) is 9.78 Å². The molecule has 0 spiro atoms. The Morgan fingerprint density at radius 3 is 2.39 bits per heavy atom. The van der Waals surface area contributed by atoms with Gasteiger partial charge < -0.3 is 0 Å². The Hall–Kier alpha value is -2.47. The third kappa shape index (κ3) is 3.84. The quantitative estimate of drug-likeness (QED) is 0.744. The van der Waals surface area contributed by atoms with Crippen molar-refractivity contribution in [3.8, 4) is 11.3 Å². The fraction of sp³-hybridized carbons (Fsp3) is 0.118. The lowest BCUT2D eigenvalue weighted by atomic mass is 10.1. The molecule has 0 aliphatic heterocycles. The lowest BCUT2D eigenvalue weighted by Gasteiger charge is -2.03. The Bertz CT molecular complexity index is 860. The Kier molecular flexibility index (Phi) is 4.52. The molecule has 1 heterocycles. The standard InChI is InChI=1S/C17H14FN3OS/c1-11-2-6-13(7-3-11)15-16(22)19-17(21-20-15)23-10-12-4-8-14(18)9-5-12/h2-9H,10H2,1H3,(H,19,21,22). The summed E-state index contributed by atoms with van der Waals surface area (Å²) in [7, 11) is 0. The molecule has 0 amide bonds. The summed E-state index contributed by atoms with van der Waals surface area (Å²) in [5, 5.41) is 8.52. The predicted octanol–water partition coefficient (Wildman–Crippen LogP) is 3.57. The summed E-state index contributed by atoms with van der Waals surface area (Å²) in [5.41, 5.74) is 2.83. The molecule has 3 aromatic rings. The molecule has 23 heavy (non-hydrogen) atoms. The molecule has 2 aromatic carbocycles. The van der Waals surface area contributed by atoms with E-state index in [4.69, 9.17) is 0 Å². The van der Waals surface area contributed by atoms with E-state index in [9.17, 15) is 9.18 Å². The van der Waals surface area contributed by atoms with Gasteiger partial charge in [-0.1, -0.05) is 53.7 Å². The van der Waals surface area contributed by atoms with E-state index in [1.54, 1.807) is 12.1 Å². The number of halogens is 1. The second-order valence-corrected chi connectivity index (χ2v) is 6.05. The van der Waals surface area contributed by atoms with Crippen LogP contribution in [0, 0.1) is 12.7 Å². The van der Waals surface area contributed by atoms with E-state index in [1.807, 2.05) is 31.2 Å². The summed E-state index contributed by atoms with van der Waals surface area (Å²) in [6.07, 6.45) is 0. The van der Waals surface area contributed by atoms with Gasteiger partial charge in [0.05, 0.1) is 0 Å². The molecule has 0 aliphatic rings. The van der Waals surface area contributed by atoms with Gasteiger partial charge in [0.1, 0.15) is 5.82 Å². The Balaban J connectivity index is 1.75. The Labute approximate surface area is 136 Å². The van der Waals surface area contributed by atoms with Crippen molar-refractivity contribution in [2.75, 3.05) is 0 Å². The highest BCUT2D eigenvalue weighted by atomic mass is 32.2. The molecule has 1 aromatic heterocycles. The van der Waals surface area contributed by atoms with Crippen LogP contribution < -0.4 is 5.56 Å². The van der Waals surface area contributed by atoms with Crippen molar-refractivity contribution in [1.82, 2.24) is 15.2 Å². The van der Waals surface area contributed by atoms with Crippen LogP contribution in [0.15, 0.2) is 58.5 Å². The van der Waals surface area contributed by atoms with Gasteiger partial charge in [-0.15, -0.1) is 10.2 Å². The minimum Gasteiger partial charge on any atom is -0.298 e. The van der Waals surface area contributed by atoms with Crippen molar-refractivity contribution in [2.45, 2.75) is 17.8 Å². The number of nitrogens with zero attached hydrogens (tertiary/aromatic N) is 2. The average molecular weight is 327 g/mol. The fourth-order valence-corrected chi connectivity index (χ4v) is 2.78. The maximum Gasteiger partial charge on any atom is 0.278 e. The molecule has 0 aliphatic carbocycles. The molecule has 6 heteroatoms. The largest absolute Gasteiger partial charge is 0.298 e. The lowest BCUT2D eigenvalue weighted by Crippen LogP contribution is -2.14. The van der Waals surface area contributed by atoms with E-state index in [1.165, 1.54) is 23.9 Å². The van der Waals surface area contributed by atoms with Gasteiger partial charge >= 0.3 is 0 Å². The number of thioether (sulfide) groups is 1. The predicted molar refractivity (Wildman–Crippen MR) is 88.8 cm³/mol. The first-order valence-corrected chi connectivity index (χ1v) is 8.02. The van der Waals surface area contributed by atoms with Crippen molar-refractivity contribution in [2.24, 2.45) is 0 Å². The molecular weight excluding hydrogens is 313 g/mol. The van der Waals surface area contributed by atoms with Crippen LogP contribution in [0.4, 0.5) is 4.39 Å². The molecule has 0 bridgehead atoms. The van der Waals surface area contributed by atoms with Crippen LogP contribution >= 0.6 is 11.8 Å². The van der Waals surface area contributed by atoms with Gasteiger partial charge in [0.2, 0.25) is 0 Å². The van der Waals surface area contributed by atoms with Crippen LogP contribution in [0.3, 0.4) is 0 Å². The number of hydrogen-bond donors (Lipinski definition) is 1. The molecular formula is C17H14FN3OS. The molecule has 4 nitrogen and oxygen atoms in total. The Morgan fingerprint density at radius 1 is 1.04 bits per heavy atom. The SMILES string of the molecule is Cc1ccc(-c2nnc(SCc3ccc(F)cc3)[nH]c2=O)cc1. The number of hydrogen-bond acceptors (Lipinski definition) is 4. The molecule has 0 radical (unpaired) electrons. The van der Waals surface area contributed by atoms with Gasteiger partial charge in [0.25, 0.3) is 5.56 Å². The maximum absolute atomic E-state index is 12.9. The van der Waals surface area contributed by atoms with Crippen molar-refractivity contribution in [3.05, 3.63) is 75.8 Å². The van der Waals surface area contributed by atoms with Crippen LogP contribution in [0.2, 0.25) is 0 Å². The fourth-order valence-electron chi connectivity index (χ4n) is 2.02. The van der Waals surface area contributed by atoms with Gasteiger partial charge in [-0.05, 0) is 24.6 Å². The summed E-state index contributed by atoms with van der Waals surface area (Å²) >= 11 is 1.35. The van der Waals surface area contributed by atoms with Crippen LogP contribution in [-0.4, -0.2) is 15.2 Å². The summed E-state index contributed by atoms with van der Waals surface area (Å²) in [5.74, 6) is 0.309. The molecule has 1 N–H and O–H groups in total. The minimum absolute atomic E-state index is 0.269. The molecule has 116 valence electrons. The summed E-state index contributed by atoms with van der Waals surface area (Å²) < 4.78 is 12.9. The highest BCUT2D eigenvalue weighted by Crippen LogP contribution is 2.19. The first kappa shape index (κ1) is 15.4. The zero-order valence-corrected chi connectivity index (χ0v) is 13.2. The van der Waals surface area contributed by atoms with Crippen molar-refractivity contribution in [1.29, 1.82) is 0 Å². The van der Waals surface area contributed by atoms with Crippen LogP contribution in [-0.2, 0) is 5.75 Å². The Morgan fingerprint density at radius 2 is 1.74 bits per heavy atom. The van der Waals surface area contributed by atoms with E-state index in [2.05, 4.69) is 15.2 Å². The van der Waals surface area contributed by atoms with E-state index in [0.717, 1.165) is 16.7 Å². The van der Waals surface area contributed by atoms with Gasteiger partial charge in [0.15, 0.2) is 10.9 Å². The number of rotatable bonds is 4. The lowest BCUT2D eigenvalue weighted by molar-refractivity contribution is 0.627. The number of aryl methyl sites for hydroxylation is 1. The normalized spacial score (nSPS) is 10.7. The van der Waals surface area contributed by atoms with E-state index in [0.29, 0.717) is 16.6 Å². The van der Waals surface area contributed by atoms with E-state index < -0.39 is 0 Å². The summed E-state index contributed by atoms with van der Waals surface area (Å²) in [4.78, 5) is 14.9. The van der Waals surface area contributed by atoms with Gasteiger partial charge in [-0.25, -0.2) is 4.39 Å². The zero-order chi connectivity index (χ0) is 16.2. The van der Waals surface area contributed by atoms with Gasteiger partial charge in [-0.2, -0.15) is 0 Å². The van der Waals surface area contributed by atoms with Crippen molar-refractivity contribution >= 4 is 11.8 Å². The van der Waals surface area contributed by atoms with Gasteiger partial charge in [0, 0.05) is 11.3 Å². The van der Waals surface area contributed by atoms with Crippen LogP contribution in [0.1, 0.15) is 11.1 Å². The third-order valence-electron chi connectivity index (χ3n) is 3.29. The molecule has 0 atom stereocenters. The molecule has 0 fully saturated rings. The maximum atomic E-state index is 12.9. The number of H-pyrrole nitrogens is 1. The second-order valence-electron chi connectivity index (χ2n) is 5.09. The number of aromatic nitrogens is 3. The molecule has 3 rings (SSSR count). The highest BCUT2D eigenvalue weighted by molar-refractivity contribution is 7.98. The zero-order valence-electron chi connectivity index (χ0n) is 12.4. The number of benzene rings is 2. The summed E-state index contributed by atoms with van der Waals surface area (Å²) in [6.45, 7) is 1.98. The first-order valence-electron chi connectivity index (χ1n) is 7.03. The van der Waals surface area contributed by atoms with E-state index in [-0.39, 0.29) is 11.4 Å². The van der Waals surface area contributed by atoms with Crippen molar-refractivity contribution in [3.63, 3.8) is 0 Å². The third-order valence-corrected chi connectivity index (χ3v) is 4.22. The van der Waals surface area contributed by atoms with Crippen LogP contribution in [0.25, 0.3) is 11.3 Å². The van der Waals surface area contributed by atoms with Crippen molar-refractivity contribution < 1.29 is 4.39 Å². The smallest absolute Gasteiger partial charge is 0.278 e. The number of aromatic amines is 1. The second kappa shape index (κ2) is 6.75. The summed E-state index contributed by atoms with van der Waals surface area (Å²) in [6, 6.07) is 13.8.